The van der Waals surface area contributed by atoms with Crippen molar-refractivity contribution in [1.82, 2.24) is 14.5 Å². The molecular formula is C25H31N3O5. The SMILES string of the molecule is CCOc1nc2ccc(C(=O)O)cc2n1Cc1ccc(C(=O)OCCCN(CC)CC)cc1. The van der Waals surface area contributed by atoms with Gasteiger partial charge in [-0.2, -0.15) is 4.98 Å². The largest absolute Gasteiger partial charge is 0.478 e. The van der Waals surface area contributed by atoms with E-state index < -0.39 is 5.97 Å². The van der Waals surface area contributed by atoms with Crippen molar-refractivity contribution in [3.8, 4) is 6.01 Å². The van der Waals surface area contributed by atoms with E-state index in [0.29, 0.717) is 42.4 Å². The minimum atomic E-state index is -0.998. The summed E-state index contributed by atoms with van der Waals surface area (Å²) < 4.78 is 12.9. The predicted octanol–water partition coefficient (Wildman–Crippen LogP) is 4.07. The van der Waals surface area contributed by atoms with Gasteiger partial charge in [0.2, 0.25) is 0 Å². The number of esters is 1. The lowest BCUT2D eigenvalue weighted by molar-refractivity contribution is 0.0489. The minimum absolute atomic E-state index is 0.186. The van der Waals surface area contributed by atoms with Gasteiger partial charge >= 0.3 is 11.9 Å². The van der Waals surface area contributed by atoms with Gasteiger partial charge in [-0.3, -0.25) is 4.57 Å². The highest BCUT2D eigenvalue weighted by Gasteiger charge is 2.15. The number of nitrogens with zero attached hydrogens (tertiary/aromatic N) is 3. The Balaban J connectivity index is 1.70. The first-order valence-corrected chi connectivity index (χ1v) is 11.3. The molecule has 0 radical (unpaired) electrons. The van der Waals surface area contributed by atoms with Gasteiger partial charge in [0, 0.05) is 6.54 Å². The second-order valence-corrected chi connectivity index (χ2v) is 7.64. The molecular weight excluding hydrogens is 422 g/mol. The summed E-state index contributed by atoms with van der Waals surface area (Å²) in [5.41, 5.74) is 2.94. The number of carbonyl (C=O) groups excluding carboxylic acids is 1. The normalized spacial score (nSPS) is 11.2. The fourth-order valence-electron chi connectivity index (χ4n) is 3.63. The molecule has 0 saturated heterocycles. The topological polar surface area (TPSA) is 93.9 Å². The Morgan fingerprint density at radius 2 is 1.73 bits per heavy atom. The smallest absolute Gasteiger partial charge is 0.338 e. The van der Waals surface area contributed by atoms with Crippen LogP contribution in [0.15, 0.2) is 42.5 Å². The lowest BCUT2D eigenvalue weighted by Crippen LogP contribution is -2.25. The molecule has 2 aromatic carbocycles. The van der Waals surface area contributed by atoms with E-state index in [4.69, 9.17) is 9.47 Å². The number of aromatic carboxylic acids is 1. The average Bonchev–Trinajstić information content (AvgIpc) is 3.16. The molecule has 0 aliphatic rings. The summed E-state index contributed by atoms with van der Waals surface area (Å²) in [5, 5.41) is 9.34. The summed E-state index contributed by atoms with van der Waals surface area (Å²) in [5.74, 6) is -1.34. The first-order chi connectivity index (χ1) is 16.0. The second-order valence-electron chi connectivity index (χ2n) is 7.64. The molecule has 176 valence electrons. The van der Waals surface area contributed by atoms with Gasteiger partial charge in [-0.1, -0.05) is 26.0 Å². The zero-order valence-electron chi connectivity index (χ0n) is 19.4. The zero-order valence-corrected chi connectivity index (χ0v) is 19.4. The summed E-state index contributed by atoms with van der Waals surface area (Å²) in [7, 11) is 0. The van der Waals surface area contributed by atoms with Crippen molar-refractivity contribution >= 4 is 23.0 Å². The number of carboxylic acids is 1. The third-order valence-electron chi connectivity index (χ3n) is 5.51. The molecule has 0 aliphatic heterocycles. The van der Waals surface area contributed by atoms with Crippen LogP contribution in [0.25, 0.3) is 11.0 Å². The van der Waals surface area contributed by atoms with Crippen LogP contribution in [0.5, 0.6) is 6.01 Å². The van der Waals surface area contributed by atoms with Crippen LogP contribution >= 0.6 is 0 Å². The lowest BCUT2D eigenvalue weighted by Gasteiger charge is -2.17. The van der Waals surface area contributed by atoms with Crippen molar-refractivity contribution in [3.63, 3.8) is 0 Å². The fourth-order valence-corrected chi connectivity index (χ4v) is 3.63. The molecule has 0 aliphatic carbocycles. The standard InChI is InChI=1S/C25H31N3O5/c1-4-27(5-2)14-7-15-33-24(31)19-10-8-18(9-11-19)17-28-22-16-20(23(29)30)12-13-21(22)26-25(28)32-6-3/h8-13,16H,4-7,14-15,17H2,1-3H3,(H,29,30). The van der Waals surface area contributed by atoms with E-state index in [2.05, 4.69) is 23.7 Å². The van der Waals surface area contributed by atoms with Crippen LogP contribution in [0.3, 0.4) is 0 Å². The molecule has 0 amide bonds. The van der Waals surface area contributed by atoms with Gasteiger partial charge in [0.15, 0.2) is 0 Å². The molecule has 0 saturated carbocycles. The van der Waals surface area contributed by atoms with Crippen LogP contribution in [0.4, 0.5) is 0 Å². The monoisotopic (exact) mass is 453 g/mol. The minimum Gasteiger partial charge on any atom is -0.478 e. The molecule has 3 rings (SSSR count). The Kier molecular flexibility index (Phi) is 8.43. The van der Waals surface area contributed by atoms with Crippen LogP contribution in [0.2, 0.25) is 0 Å². The summed E-state index contributed by atoms with van der Waals surface area (Å²) in [6.07, 6.45) is 0.803. The molecule has 0 fully saturated rings. The molecule has 8 heteroatoms. The van der Waals surface area contributed by atoms with Gasteiger partial charge in [0.25, 0.3) is 6.01 Å². The summed E-state index contributed by atoms with van der Waals surface area (Å²) in [6, 6.07) is 12.4. The molecule has 0 bridgehead atoms. The maximum atomic E-state index is 12.3. The van der Waals surface area contributed by atoms with Gasteiger partial charge < -0.3 is 19.5 Å². The molecule has 1 aromatic heterocycles. The highest BCUT2D eigenvalue weighted by atomic mass is 16.5. The molecule has 8 nitrogen and oxygen atoms in total. The highest BCUT2D eigenvalue weighted by molar-refractivity contribution is 5.92. The van der Waals surface area contributed by atoms with Crippen LogP contribution in [0, 0.1) is 0 Å². The number of carbonyl (C=O) groups is 2. The Bertz CT molecular complexity index is 1090. The molecule has 0 unspecified atom stereocenters. The highest BCUT2D eigenvalue weighted by Crippen LogP contribution is 2.24. The Morgan fingerprint density at radius 3 is 2.36 bits per heavy atom. The maximum absolute atomic E-state index is 12.3. The summed E-state index contributed by atoms with van der Waals surface area (Å²) >= 11 is 0. The molecule has 33 heavy (non-hydrogen) atoms. The number of aromatic nitrogens is 2. The van der Waals surface area contributed by atoms with E-state index in [9.17, 15) is 14.7 Å². The molecule has 1 N–H and O–H groups in total. The Morgan fingerprint density at radius 1 is 1.03 bits per heavy atom. The number of imidazole rings is 1. The van der Waals surface area contributed by atoms with Crippen molar-refractivity contribution in [3.05, 3.63) is 59.2 Å². The first kappa shape index (κ1) is 24.3. The Labute approximate surface area is 193 Å². The fraction of sp³-hybridized carbons (Fsp3) is 0.400. The third-order valence-corrected chi connectivity index (χ3v) is 5.51. The number of fused-ring (bicyclic) bond motifs is 1. The van der Waals surface area contributed by atoms with Gasteiger partial charge in [-0.25, -0.2) is 9.59 Å². The van der Waals surface area contributed by atoms with Crippen LogP contribution < -0.4 is 4.74 Å². The van der Waals surface area contributed by atoms with Crippen molar-refractivity contribution in [1.29, 1.82) is 0 Å². The van der Waals surface area contributed by atoms with Crippen molar-refractivity contribution in [2.45, 2.75) is 33.7 Å². The summed E-state index contributed by atoms with van der Waals surface area (Å²) in [4.78, 5) is 30.5. The number of carboxylic acid groups (broad SMARTS) is 1. The quantitative estimate of drug-likeness (QED) is 0.326. The van der Waals surface area contributed by atoms with E-state index in [1.807, 2.05) is 23.6 Å². The molecule has 1 heterocycles. The van der Waals surface area contributed by atoms with E-state index in [0.717, 1.165) is 31.6 Å². The van der Waals surface area contributed by atoms with Gasteiger partial charge in [-0.15, -0.1) is 0 Å². The number of ether oxygens (including phenoxy) is 2. The van der Waals surface area contributed by atoms with Crippen molar-refractivity contribution in [2.24, 2.45) is 0 Å². The molecule has 3 aromatic rings. The second kappa shape index (κ2) is 11.5. The predicted molar refractivity (Wildman–Crippen MR) is 126 cm³/mol. The van der Waals surface area contributed by atoms with E-state index >= 15 is 0 Å². The lowest BCUT2D eigenvalue weighted by atomic mass is 10.1. The maximum Gasteiger partial charge on any atom is 0.338 e. The van der Waals surface area contributed by atoms with Gasteiger partial charge in [-0.05, 0) is 62.3 Å². The Hall–Kier alpha value is -3.39. The number of rotatable bonds is 12. The van der Waals surface area contributed by atoms with E-state index in [1.165, 1.54) is 6.07 Å². The summed E-state index contributed by atoms with van der Waals surface area (Å²) in [6.45, 7) is 10.2. The van der Waals surface area contributed by atoms with Crippen molar-refractivity contribution < 1.29 is 24.2 Å². The molecule has 0 atom stereocenters. The number of hydrogen-bond donors (Lipinski definition) is 1. The van der Waals surface area contributed by atoms with Gasteiger partial charge in [0.1, 0.15) is 0 Å². The van der Waals surface area contributed by atoms with E-state index in [-0.39, 0.29) is 11.5 Å². The van der Waals surface area contributed by atoms with Crippen LogP contribution in [-0.4, -0.2) is 64.3 Å². The molecule has 0 spiro atoms. The average molecular weight is 454 g/mol. The zero-order chi connectivity index (χ0) is 23.8. The van der Waals surface area contributed by atoms with E-state index in [1.54, 1.807) is 24.3 Å². The number of benzene rings is 2. The van der Waals surface area contributed by atoms with Crippen LogP contribution in [-0.2, 0) is 11.3 Å². The number of hydrogen-bond acceptors (Lipinski definition) is 6. The third kappa shape index (κ3) is 6.10. The van der Waals surface area contributed by atoms with Crippen molar-refractivity contribution in [2.75, 3.05) is 32.8 Å². The first-order valence-electron chi connectivity index (χ1n) is 11.3. The van der Waals surface area contributed by atoms with Crippen LogP contribution in [0.1, 0.15) is 53.5 Å². The van der Waals surface area contributed by atoms with Gasteiger partial charge in [0.05, 0.1) is 41.9 Å².